The van der Waals surface area contributed by atoms with Crippen molar-refractivity contribution in [3.05, 3.63) is 122 Å². The van der Waals surface area contributed by atoms with Crippen LogP contribution >= 0.6 is 7.82 Å². The molecule has 0 aromatic heterocycles. The number of likely N-dealkylation sites (N-methyl/N-ethyl adjacent to an activating group) is 1. The van der Waals surface area contributed by atoms with Crippen LogP contribution in [0.1, 0.15) is 271 Å². The van der Waals surface area contributed by atoms with Gasteiger partial charge in [-0.3, -0.25) is 13.8 Å². The molecule has 0 saturated carbocycles. The lowest BCUT2D eigenvalue weighted by Crippen LogP contribution is -2.45. The molecule has 0 bridgehead atoms. The summed E-state index contributed by atoms with van der Waals surface area (Å²) in [6.07, 6.45) is 90.4. The Morgan fingerprint density at radius 1 is 0.438 bits per heavy atom. The summed E-state index contributed by atoms with van der Waals surface area (Å²) >= 11 is 0. The lowest BCUT2D eigenvalue weighted by molar-refractivity contribution is -0.870. The van der Waals surface area contributed by atoms with E-state index >= 15 is 0 Å². The third-order valence-electron chi connectivity index (χ3n) is 14.1. The summed E-state index contributed by atoms with van der Waals surface area (Å²) < 4.78 is 23.7. The highest BCUT2D eigenvalue weighted by molar-refractivity contribution is 7.47. The Kier molecular flexibility index (Phi) is 58.1. The maximum atomic E-state index is 13.0. The number of rotatable bonds is 59. The van der Waals surface area contributed by atoms with E-state index in [9.17, 15) is 19.4 Å². The van der Waals surface area contributed by atoms with Gasteiger partial charge in [0.1, 0.15) is 13.2 Å². The van der Waals surface area contributed by atoms with Crippen molar-refractivity contribution in [2.24, 2.45) is 0 Å². The van der Waals surface area contributed by atoms with Gasteiger partial charge in [0.2, 0.25) is 5.91 Å². The largest absolute Gasteiger partial charge is 0.472 e. The van der Waals surface area contributed by atoms with Crippen molar-refractivity contribution in [1.82, 2.24) is 5.32 Å². The fourth-order valence-electron chi connectivity index (χ4n) is 9.06. The average Bonchev–Trinajstić information content (AvgIpc) is 3.42. The third-order valence-corrected chi connectivity index (χ3v) is 15.1. The van der Waals surface area contributed by atoms with Crippen molar-refractivity contribution in [2.45, 2.75) is 283 Å². The maximum absolute atomic E-state index is 13.0. The molecule has 3 atom stereocenters. The minimum Gasteiger partial charge on any atom is -0.387 e. The number of hydrogen-bond acceptors (Lipinski definition) is 5. The molecule has 3 unspecified atom stereocenters. The third kappa shape index (κ3) is 62.5. The second-order valence-corrected chi connectivity index (χ2v) is 24.5. The van der Waals surface area contributed by atoms with Crippen LogP contribution in [0.3, 0.4) is 0 Å². The Hall–Kier alpha value is -3.10. The number of carbonyl (C=O) groups excluding carboxylic acids is 1. The molecule has 0 aliphatic carbocycles. The summed E-state index contributed by atoms with van der Waals surface area (Å²) in [6, 6.07) is -0.878. The van der Waals surface area contributed by atoms with E-state index in [0.29, 0.717) is 17.4 Å². The topological polar surface area (TPSA) is 105 Å². The minimum absolute atomic E-state index is 0.0493. The summed E-state index contributed by atoms with van der Waals surface area (Å²) in [5, 5.41) is 13.9. The first-order valence-electron chi connectivity index (χ1n) is 32.9. The molecule has 0 fully saturated rings. The van der Waals surface area contributed by atoms with E-state index in [1.165, 1.54) is 161 Å². The van der Waals surface area contributed by atoms with Crippen LogP contribution in [0.5, 0.6) is 0 Å². The molecule has 1 amide bonds. The molecule has 80 heavy (non-hydrogen) atoms. The Morgan fingerprint density at radius 2 is 0.762 bits per heavy atom. The monoisotopic (exact) mass is 1130 g/mol. The number of aliphatic hydroxyl groups excluding tert-OH is 1. The quantitative estimate of drug-likeness (QED) is 0.0243. The smallest absolute Gasteiger partial charge is 0.387 e. The zero-order chi connectivity index (χ0) is 58.4. The van der Waals surface area contributed by atoms with E-state index in [0.717, 1.165) is 89.9 Å². The van der Waals surface area contributed by atoms with Gasteiger partial charge in [0.15, 0.2) is 0 Å². The number of unbranched alkanes of at least 4 members (excludes halogenated alkanes) is 28. The molecule has 3 N–H and O–H groups in total. The SMILES string of the molecule is CC/C=C\C/C=C\C/C=C\C/C=C\C/C=C\C/C=C\C/C=C\CCCCCCCCCCCCCCCCCC(=O)NC(COP(=O)(O)OCC[N+](C)(C)C)C(O)/C=C/CC/C=C/CC/C=C/CCCCCCCCCCCCC. The Labute approximate surface area is 494 Å². The molecular weight excluding hydrogens is 1010 g/mol. The summed E-state index contributed by atoms with van der Waals surface area (Å²) in [5.41, 5.74) is 0. The van der Waals surface area contributed by atoms with Crippen LogP contribution < -0.4 is 5.32 Å². The molecule has 0 aromatic carbocycles. The van der Waals surface area contributed by atoms with Gasteiger partial charge in [0.25, 0.3) is 0 Å². The van der Waals surface area contributed by atoms with Gasteiger partial charge in [-0.25, -0.2) is 4.57 Å². The van der Waals surface area contributed by atoms with E-state index in [4.69, 9.17) is 9.05 Å². The van der Waals surface area contributed by atoms with E-state index in [2.05, 4.69) is 129 Å². The zero-order valence-corrected chi connectivity index (χ0v) is 53.4. The van der Waals surface area contributed by atoms with Gasteiger partial charge in [-0.05, 0) is 103 Å². The van der Waals surface area contributed by atoms with Crippen LogP contribution in [0.15, 0.2) is 122 Å². The van der Waals surface area contributed by atoms with Crippen molar-refractivity contribution in [3.63, 3.8) is 0 Å². The molecule has 0 radical (unpaired) electrons. The highest BCUT2D eigenvalue weighted by Crippen LogP contribution is 2.43. The number of quaternary nitrogens is 1. The number of phosphoric ester groups is 1. The number of nitrogens with one attached hydrogen (secondary N) is 1. The van der Waals surface area contributed by atoms with Crippen molar-refractivity contribution in [1.29, 1.82) is 0 Å². The minimum atomic E-state index is -4.37. The van der Waals surface area contributed by atoms with E-state index in [1.54, 1.807) is 6.08 Å². The van der Waals surface area contributed by atoms with Gasteiger partial charge in [0, 0.05) is 6.42 Å². The normalized spacial score (nSPS) is 14.5. The Balaban J connectivity index is 4.13. The number of carbonyl (C=O) groups is 1. The van der Waals surface area contributed by atoms with E-state index < -0.39 is 20.0 Å². The molecule has 460 valence electrons. The predicted octanol–water partition coefficient (Wildman–Crippen LogP) is 20.9. The Bertz CT molecular complexity index is 1720. The average molecular weight is 1130 g/mol. The van der Waals surface area contributed by atoms with E-state index in [-0.39, 0.29) is 19.1 Å². The van der Waals surface area contributed by atoms with Crippen molar-refractivity contribution < 1.29 is 32.9 Å². The molecule has 0 rings (SSSR count). The van der Waals surface area contributed by atoms with Crippen LogP contribution in [0.2, 0.25) is 0 Å². The predicted molar refractivity (Wildman–Crippen MR) is 350 cm³/mol. The molecule has 0 aliphatic rings. The van der Waals surface area contributed by atoms with Crippen LogP contribution in [0.4, 0.5) is 0 Å². The maximum Gasteiger partial charge on any atom is 0.472 e. The Morgan fingerprint density at radius 3 is 1.15 bits per heavy atom. The summed E-state index contributed by atoms with van der Waals surface area (Å²) in [7, 11) is 1.54. The van der Waals surface area contributed by atoms with Crippen LogP contribution in [-0.4, -0.2) is 73.4 Å². The first-order chi connectivity index (χ1) is 39.0. The highest BCUT2D eigenvalue weighted by Gasteiger charge is 2.27. The van der Waals surface area contributed by atoms with Crippen molar-refractivity contribution >= 4 is 13.7 Å². The lowest BCUT2D eigenvalue weighted by atomic mass is 10.0. The molecular formula is C71H126N2O6P+. The summed E-state index contributed by atoms with van der Waals surface area (Å²) in [6.45, 7) is 4.68. The zero-order valence-electron chi connectivity index (χ0n) is 52.5. The van der Waals surface area contributed by atoms with Gasteiger partial charge in [-0.2, -0.15) is 0 Å². The highest BCUT2D eigenvalue weighted by atomic mass is 31.2. The van der Waals surface area contributed by atoms with Crippen LogP contribution in [-0.2, 0) is 18.4 Å². The molecule has 0 heterocycles. The first-order valence-corrected chi connectivity index (χ1v) is 34.4. The molecule has 0 saturated heterocycles. The fourth-order valence-corrected chi connectivity index (χ4v) is 9.79. The van der Waals surface area contributed by atoms with Gasteiger partial charge in [-0.15, -0.1) is 0 Å². The standard InChI is InChI=1S/C71H125N2O6P/c1-6-8-10-12-14-16-18-20-22-24-26-28-29-30-31-32-33-34-35-36-37-38-39-40-41-42-43-45-47-49-51-53-55-57-59-61-63-65-71(75)72-69(68-79-80(76,77)78-67-66-73(3,4)5)70(74)64-62-60-58-56-54-52-50-48-46-44-27-25-23-21-19-17-15-13-11-9-7-2/h8,10,14,16,20,22,26,28,30-31,33-34,36-37,46,48,54,56,62,64,69-70,74H,6-7,9,11-13,15,17-19,21,23-25,27,29,32,35,38-45,47,49-53,55,57-61,63,65-68H2,1-5H3,(H-,72,75,76,77)/p+1/b10-8-,16-14-,22-20-,28-26-,31-30-,34-33-,37-36-,48-46+,56-54+,64-62+. The van der Waals surface area contributed by atoms with Gasteiger partial charge < -0.3 is 19.8 Å². The second-order valence-electron chi connectivity index (χ2n) is 23.1. The number of nitrogens with zero attached hydrogens (tertiary/aromatic N) is 1. The number of phosphoric acid groups is 1. The van der Waals surface area contributed by atoms with Crippen LogP contribution in [0.25, 0.3) is 0 Å². The number of hydrogen-bond donors (Lipinski definition) is 3. The van der Waals surface area contributed by atoms with E-state index in [1.807, 2.05) is 27.2 Å². The molecule has 0 aromatic rings. The number of aliphatic hydroxyl groups is 1. The van der Waals surface area contributed by atoms with Gasteiger partial charge >= 0.3 is 7.82 Å². The molecule has 8 nitrogen and oxygen atoms in total. The number of amides is 1. The number of allylic oxidation sites excluding steroid dienone is 19. The first kappa shape index (κ1) is 76.9. The molecule has 0 spiro atoms. The fraction of sp³-hybridized carbons (Fsp3) is 0.704. The van der Waals surface area contributed by atoms with Gasteiger partial charge in [0.05, 0.1) is 39.9 Å². The lowest BCUT2D eigenvalue weighted by Gasteiger charge is -2.25. The molecule has 9 heteroatoms. The van der Waals surface area contributed by atoms with Gasteiger partial charge in [-0.1, -0.05) is 283 Å². The van der Waals surface area contributed by atoms with Crippen LogP contribution in [0, 0.1) is 0 Å². The summed E-state index contributed by atoms with van der Waals surface area (Å²) in [5.74, 6) is -0.193. The summed E-state index contributed by atoms with van der Waals surface area (Å²) in [4.78, 5) is 23.4. The molecule has 0 aliphatic heterocycles. The second kappa shape index (κ2) is 60.5. The van der Waals surface area contributed by atoms with Crippen molar-refractivity contribution in [3.8, 4) is 0 Å². The van der Waals surface area contributed by atoms with Crippen molar-refractivity contribution in [2.75, 3.05) is 40.9 Å².